The van der Waals surface area contributed by atoms with Crippen molar-refractivity contribution in [1.29, 1.82) is 0 Å². The van der Waals surface area contributed by atoms with Crippen molar-refractivity contribution in [3.63, 3.8) is 0 Å². The summed E-state index contributed by atoms with van der Waals surface area (Å²) in [5.74, 6) is 7.15. The highest BCUT2D eigenvalue weighted by Crippen LogP contribution is 2.36. The topological polar surface area (TPSA) is 55.4 Å². The number of Topliss-reactive ketones (excluding diaryl/α,β-unsaturated/α-hetero) is 1. The first kappa shape index (κ1) is 11.6. The van der Waals surface area contributed by atoms with E-state index < -0.39 is 0 Å². The SMILES string of the molecule is CC1(C)CSCC(C)(C)C(=NN)C1=O. The third kappa shape index (κ3) is 1.95. The number of nitrogens with zero attached hydrogens (tertiary/aromatic N) is 1. The Morgan fingerprint density at radius 3 is 2.21 bits per heavy atom. The second kappa shape index (κ2) is 3.57. The molecule has 0 radical (unpaired) electrons. The molecule has 0 amide bonds. The van der Waals surface area contributed by atoms with Crippen molar-refractivity contribution in [1.82, 2.24) is 0 Å². The van der Waals surface area contributed by atoms with Crippen LogP contribution in [0.3, 0.4) is 0 Å². The monoisotopic (exact) mass is 214 g/mol. The van der Waals surface area contributed by atoms with Gasteiger partial charge < -0.3 is 5.84 Å². The summed E-state index contributed by atoms with van der Waals surface area (Å²) in [5, 5.41) is 3.69. The zero-order valence-electron chi connectivity index (χ0n) is 9.26. The summed E-state index contributed by atoms with van der Waals surface area (Å²) in [5.41, 5.74) is -0.00604. The predicted molar refractivity (Wildman–Crippen MR) is 61.5 cm³/mol. The van der Waals surface area contributed by atoms with E-state index in [1.54, 1.807) is 11.8 Å². The van der Waals surface area contributed by atoms with Gasteiger partial charge in [-0.3, -0.25) is 4.79 Å². The van der Waals surface area contributed by atoms with E-state index in [-0.39, 0.29) is 16.6 Å². The van der Waals surface area contributed by atoms with Crippen molar-refractivity contribution in [2.75, 3.05) is 11.5 Å². The van der Waals surface area contributed by atoms with Crippen LogP contribution in [0.2, 0.25) is 0 Å². The van der Waals surface area contributed by atoms with Gasteiger partial charge in [-0.1, -0.05) is 27.7 Å². The van der Waals surface area contributed by atoms with Crippen LogP contribution in [0.15, 0.2) is 5.10 Å². The third-order valence-corrected chi connectivity index (χ3v) is 4.38. The molecule has 14 heavy (non-hydrogen) atoms. The van der Waals surface area contributed by atoms with Crippen LogP contribution < -0.4 is 5.84 Å². The van der Waals surface area contributed by atoms with Gasteiger partial charge in [-0.05, 0) is 0 Å². The van der Waals surface area contributed by atoms with E-state index >= 15 is 0 Å². The van der Waals surface area contributed by atoms with Gasteiger partial charge in [0.15, 0.2) is 5.78 Å². The maximum atomic E-state index is 12.1. The summed E-state index contributed by atoms with van der Waals surface area (Å²) in [4.78, 5) is 12.1. The summed E-state index contributed by atoms with van der Waals surface area (Å²) < 4.78 is 0. The molecule has 1 fully saturated rings. The number of hydrazone groups is 1. The van der Waals surface area contributed by atoms with Crippen LogP contribution in [0.4, 0.5) is 0 Å². The highest BCUT2D eigenvalue weighted by Gasteiger charge is 2.42. The molecular weight excluding hydrogens is 196 g/mol. The third-order valence-electron chi connectivity index (χ3n) is 2.53. The van der Waals surface area contributed by atoms with Crippen LogP contribution in [0.25, 0.3) is 0 Å². The molecule has 0 unspecified atom stereocenters. The van der Waals surface area contributed by atoms with E-state index in [9.17, 15) is 4.79 Å². The summed E-state index contributed by atoms with van der Waals surface area (Å²) >= 11 is 1.80. The van der Waals surface area contributed by atoms with E-state index in [4.69, 9.17) is 5.84 Å². The van der Waals surface area contributed by atoms with Crippen molar-refractivity contribution in [2.45, 2.75) is 27.7 Å². The Morgan fingerprint density at radius 2 is 1.71 bits per heavy atom. The summed E-state index contributed by atoms with van der Waals surface area (Å²) in [7, 11) is 0. The lowest BCUT2D eigenvalue weighted by Gasteiger charge is -2.24. The van der Waals surface area contributed by atoms with Gasteiger partial charge in [0, 0.05) is 22.3 Å². The minimum atomic E-state index is -0.337. The van der Waals surface area contributed by atoms with Crippen molar-refractivity contribution < 1.29 is 4.79 Å². The zero-order chi connectivity index (χ0) is 11.0. The van der Waals surface area contributed by atoms with Gasteiger partial charge in [-0.25, -0.2) is 0 Å². The molecule has 0 aromatic heterocycles. The summed E-state index contributed by atoms with van der Waals surface area (Å²) in [6.45, 7) is 7.94. The van der Waals surface area contributed by atoms with E-state index in [0.29, 0.717) is 5.71 Å². The maximum absolute atomic E-state index is 12.1. The van der Waals surface area contributed by atoms with Crippen LogP contribution >= 0.6 is 11.8 Å². The van der Waals surface area contributed by atoms with Gasteiger partial charge in [-0.2, -0.15) is 16.9 Å². The number of thioether (sulfide) groups is 1. The standard InChI is InChI=1S/C10H18N2OS/c1-9(2)5-14-6-10(3,4)8(13)7(9)12-11/h5-6,11H2,1-4H3. The Labute approximate surface area is 89.5 Å². The molecule has 1 aliphatic rings. The molecule has 1 saturated heterocycles. The summed E-state index contributed by atoms with van der Waals surface area (Å²) in [6, 6.07) is 0. The molecule has 3 nitrogen and oxygen atoms in total. The van der Waals surface area contributed by atoms with Crippen LogP contribution in [0.5, 0.6) is 0 Å². The van der Waals surface area contributed by atoms with E-state index in [2.05, 4.69) is 5.10 Å². The Bertz CT molecular complexity index is 282. The zero-order valence-corrected chi connectivity index (χ0v) is 10.1. The first-order chi connectivity index (χ1) is 6.31. The van der Waals surface area contributed by atoms with Crippen LogP contribution in [-0.2, 0) is 4.79 Å². The minimum absolute atomic E-state index is 0.0926. The molecule has 1 aliphatic heterocycles. The molecule has 0 atom stereocenters. The number of hydrogen-bond donors (Lipinski definition) is 1. The lowest BCUT2D eigenvalue weighted by molar-refractivity contribution is -0.119. The second-order valence-corrected chi connectivity index (χ2v) is 6.05. The first-order valence-electron chi connectivity index (χ1n) is 4.72. The molecule has 0 aliphatic carbocycles. The average Bonchev–Trinajstić information content (AvgIpc) is 2.09. The van der Waals surface area contributed by atoms with Crippen molar-refractivity contribution in [3.8, 4) is 0 Å². The van der Waals surface area contributed by atoms with Gasteiger partial charge in [0.2, 0.25) is 0 Å². The largest absolute Gasteiger partial charge is 0.323 e. The van der Waals surface area contributed by atoms with E-state index in [0.717, 1.165) is 11.5 Å². The highest BCUT2D eigenvalue weighted by atomic mass is 32.2. The Balaban J connectivity index is 3.12. The molecule has 80 valence electrons. The second-order valence-electron chi connectivity index (χ2n) is 5.07. The quantitative estimate of drug-likeness (QED) is 0.493. The number of rotatable bonds is 0. The molecule has 1 rings (SSSR count). The van der Waals surface area contributed by atoms with Crippen molar-refractivity contribution in [2.24, 2.45) is 21.8 Å². The molecule has 4 heteroatoms. The van der Waals surface area contributed by atoms with Gasteiger partial charge in [0.1, 0.15) is 5.71 Å². The molecule has 0 bridgehead atoms. The first-order valence-corrected chi connectivity index (χ1v) is 5.88. The van der Waals surface area contributed by atoms with Gasteiger partial charge in [0.05, 0.1) is 0 Å². The number of nitrogens with two attached hydrogens (primary N) is 1. The number of ketones is 1. The predicted octanol–water partition coefficient (Wildman–Crippen LogP) is 1.67. The fourth-order valence-corrected chi connectivity index (χ4v) is 2.95. The number of carbonyl (C=O) groups excluding carboxylic acids is 1. The molecule has 0 aromatic rings. The number of carbonyl (C=O) groups is 1. The normalized spacial score (nSPS) is 28.9. The lowest BCUT2D eigenvalue weighted by atomic mass is 9.78. The van der Waals surface area contributed by atoms with Gasteiger partial charge in [-0.15, -0.1) is 0 Å². The highest BCUT2D eigenvalue weighted by molar-refractivity contribution is 7.99. The van der Waals surface area contributed by atoms with Crippen LogP contribution in [-0.4, -0.2) is 23.0 Å². The van der Waals surface area contributed by atoms with E-state index in [1.165, 1.54) is 0 Å². The molecule has 0 spiro atoms. The van der Waals surface area contributed by atoms with Gasteiger partial charge >= 0.3 is 0 Å². The number of hydrogen-bond acceptors (Lipinski definition) is 4. The summed E-state index contributed by atoms with van der Waals surface area (Å²) in [6.07, 6.45) is 0. The molecule has 0 aromatic carbocycles. The van der Waals surface area contributed by atoms with Crippen LogP contribution in [0, 0.1) is 10.8 Å². The lowest BCUT2D eigenvalue weighted by Crippen LogP contribution is -2.39. The maximum Gasteiger partial charge on any atom is 0.185 e. The van der Waals surface area contributed by atoms with Crippen molar-refractivity contribution >= 4 is 23.3 Å². The Morgan fingerprint density at radius 1 is 1.21 bits per heavy atom. The molecule has 1 heterocycles. The van der Waals surface area contributed by atoms with Crippen molar-refractivity contribution in [3.05, 3.63) is 0 Å². The fourth-order valence-electron chi connectivity index (χ4n) is 1.56. The molecular formula is C10H18N2OS. The molecule has 0 saturated carbocycles. The van der Waals surface area contributed by atoms with Gasteiger partial charge in [0.25, 0.3) is 0 Å². The Kier molecular flexibility index (Phi) is 2.95. The smallest absolute Gasteiger partial charge is 0.185 e. The Hall–Kier alpha value is -0.510. The fraction of sp³-hybridized carbons (Fsp3) is 0.800. The van der Waals surface area contributed by atoms with E-state index in [1.807, 2.05) is 27.7 Å². The molecule has 2 N–H and O–H groups in total. The van der Waals surface area contributed by atoms with Crippen LogP contribution in [0.1, 0.15) is 27.7 Å². The minimum Gasteiger partial charge on any atom is -0.323 e. The average molecular weight is 214 g/mol.